The molecule has 3 heterocycles. The summed E-state index contributed by atoms with van der Waals surface area (Å²) in [5.74, 6) is 0.476. The second kappa shape index (κ2) is 12.3. The Labute approximate surface area is 308 Å². The van der Waals surface area contributed by atoms with Crippen LogP contribution in [0.3, 0.4) is 0 Å². The maximum Gasteiger partial charge on any atom is 0.420 e. The molecule has 0 bridgehead atoms. The summed E-state index contributed by atoms with van der Waals surface area (Å²) in [5.41, 5.74) is 5.32. The molecule has 7 aromatic carbocycles. The van der Waals surface area contributed by atoms with E-state index in [-0.39, 0.29) is 11.4 Å². The van der Waals surface area contributed by atoms with Crippen molar-refractivity contribution in [1.29, 1.82) is 0 Å². The largest absolute Gasteiger partial charge is 0.420 e. The number of nitrogens with zero attached hydrogens (tertiary/aromatic N) is 4. The van der Waals surface area contributed by atoms with E-state index >= 15 is 13.2 Å². The normalized spacial score (nSPS) is 12.0. The molecule has 0 amide bonds. The van der Waals surface area contributed by atoms with Gasteiger partial charge < -0.3 is 9.13 Å². The van der Waals surface area contributed by atoms with Crippen molar-refractivity contribution in [3.8, 4) is 45.3 Å². The molecule has 0 N–H and O–H groups in total. The minimum Gasteiger partial charge on any atom is -0.309 e. The first-order valence-corrected chi connectivity index (χ1v) is 17.7. The van der Waals surface area contributed by atoms with E-state index in [1.54, 1.807) is 21.3 Å². The van der Waals surface area contributed by atoms with Gasteiger partial charge in [-0.05, 0) is 42.5 Å². The van der Waals surface area contributed by atoms with Gasteiger partial charge in [-0.1, -0.05) is 133 Å². The molecule has 0 radical (unpaired) electrons. The van der Waals surface area contributed by atoms with E-state index in [0.717, 1.165) is 32.7 Å². The Morgan fingerprint density at radius 1 is 0.370 bits per heavy atom. The first kappa shape index (κ1) is 31.7. The number of benzene rings is 7. The Morgan fingerprint density at radius 3 is 1.13 bits per heavy atom. The van der Waals surface area contributed by atoms with Gasteiger partial charge in [0.15, 0.2) is 5.82 Å². The molecule has 0 saturated carbocycles. The van der Waals surface area contributed by atoms with E-state index in [1.807, 2.05) is 164 Å². The van der Waals surface area contributed by atoms with E-state index in [4.69, 9.17) is 9.97 Å². The number of hydrogen-bond donors (Lipinski definition) is 0. The van der Waals surface area contributed by atoms with Gasteiger partial charge in [0.1, 0.15) is 5.56 Å². The van der Waals surface area contributed by atoms with E-state index < -0.39 is 11.7 Å². The summed E-state index contributed by atoms with van der Waals surface area (Å²) in [6, 6.07) is 55.1. The van der Waals surface area contributed by atoms with Crippen molar-refractivity contribution in [3.63, 3.8) is 0 Å². The van der Waals surface area contributed by atoms with Crippen LogP contribution in [0.5, 0.6) is 0 Å². The number of halogens is 3. The molecular formula is C47H29F3N4. The highest BCUT2D eigenvalue weighted by molar-refractivity contribution is 6.11. The molecule has 0 spiro atoms. The van der Waals surface area contributed by atoms with Gasteiger partial charge in [-0.3, -0.25) is 0 Å². The van der Waals surface area contributed by atoms with Gasteiger partial charge in [0.25, 0.3) is 0 Å². The molecule has 0 atom stereocenters. The third kappa shape index (κ3) is 5.08. The molecule has 0 unspecified atom stereocenters. The molecule has 0 saturated heterocycles. The fourth-order valence-electron chi connectivity index (χ4n) is 7.84. The molecule has 258 valence electrons. The van der Waals surface area contributed by atoms with Crippen molar-refractivity contribution in [2.45, 2.75) is 6.18 Å². The number of para-hydroxylation sites is 4. The maximum absolute atomic E-state index is 16.1. The standard InChI is InChI=1S/C47H29F3N4/c48-47(49,50)45-43(53-39-23-11-7-19-33(39)34-20-8-12-24-40(34)53)27-32(28-44(45)54-41-25-13-9-21-35(41)36-22-10-14-26-42(36)54)38-29-37(30-15-3-1-4-16-30)51-46(52-38)31-17-5-2-6-18-31/h1-29H. The lowest BCUT2D eigenvalue weighted by atomic mass is 10.0. The molecule has 3 aromatic heterocycles. The summed E-state index contributed by atoms with van der Waals surface area (Å²) in [6.07, 6.45) is -4.75. The van der Waals surface area contributed by atoms with Gasteiger partial charge in [0, 0.05) is 38.2 Å². The highest BCUT2D eigenvalue weighted by Crippen LogP contribution is 2.46. The van der Waals surface area contributed by atoms with Gasteiger partial charge >= 0.3 is 6.18 Å². The van der Waals surface area contributed by atoms with Gasteiger partial charge in [-0.25, -0.2) is 9.97 Å². The van der Waals surface area contributed by atoms with Crippen molar-refractivity contribution in [1.82, 2.24) is 19.1 Å². The topological polar surface area (TPSA) is 35.6 Å². The number of rotatable bonds is 5. The third-order valence-electron chi connectivity index (χ3n) is 10.1. The Hall–Kier alpha value is -6.99. The molecular weight excluding hydrogens is 678 g/mol. The quantitative estimate of drug-likeness (QED) is 0.179. The van der Waals surface area contributed by atoms with Crippen molar-refractivity contribution in [3.05, 3.63) is 181 Å². The van der Waals surface area contributed by atoms with Crippen molar-refractivity contribution in [2.75, 3.05) is 0 Å². The number of fused-ring (bicyclic) bond motifs is 6. The number of alkyl halides is 3. The Balaban J connectivity index is 1.38. The SMILES string of the molecule is FC(F)(F)c1c(-n2c3ccccc3c3ccccc32)cc(-c2cc(-c3ccccc3)nc(-c3ccccc3)n2)cc1-n1c2ccccc2c2ccccc21. The second-order valence-corrected chi connectivity index (χ2v) is 13.3. The molecule has 7 heteroatoms. The fourth-order valence-corrected chi connectivity index (χ4v) is 7.84. The van der Waals surface area contributed by atoms with Crippen LogP contribution >= 0.6 is 0 Å². The summed E-state index contributed by atoms with van der Waals surface area (Å²) >= 11 is 0. The van der Waals surface area contributed by atoms with Crippen LogP contribution in [0.4, 0.5) is 13.2 Å². The van der Waals surface area contributed by atoms with Crippen LogP contribution in [0.1, 0.15) is 5.56 Å². The van der Waals surface area contributed by atoms with Crippen LogP contribution in [-0.4, -0.2) is 19.1 Å². The average Bonchev–Trinajstić information content (AvgIpc) is 3.73. The first-order valence-electron chi connectivity index (χ1n) is 17.7. The Kier molecular flexibility index (Phi) is 7.23. The van der Waals surface area contributed by atoms with Crippen LogP contribution < -0.4 is 0 Å². The van der Waals surface area contributed by atoms with Crippen LogP contribution in [0.2, 0.25) is 0 Å². The summed E-state index contributed by atoms with van der Waals surface area (Å²) in [5, 5.41) is 3.46. The molecule has 10 rings (SSSR count). The molecule has 54 heavy (non-hydrogen) atoms. The summed E-state index contributed by atoms with van der Waals surface area (Å²) < 4.78 is 51.9. The van der Waals surface area contributed by atoms with Crippen molar-refractivity contribution in [2.24, 2.45) is 0 Å². The summed E-state index contributed by atoms with van der Waals surface area (Å²) in [6.45, 7) is 0. The van der Waals surface area contributed by atoms with Crippen molar-refractivity contribution >= 4 is 43.6 Å². The minimum atomic E-state index is -4.75. The molecule has 0 aliphatic carbocycles. The number of aromatic nitrogens is 4. The van der Waals surface area contributed by atoms with Gasteiger partial charge in [0.05, 0.1) is 44.8 Å². The summed E-state index contributed by atoms with van der Waals surface area (Å²) in [4.78, 5) is 10.0. The number of hydrogen-bond acceptors (Lipinski definition) is 2. The minimum absolute atomic E-state index is 0.00963. The lowest BCUT2D eigenvalue weighted by molar-refractivity contribution is -0.137. The van der Waals surface area contributed by atoms with Crippen LogP contribution in [0.15, 0.2) is 176 Å². The van der Waals surface area contributed by atoms with E-state index in [0.29, 0.717) is 44.8 Å². The van der Waals surface area contributed by atoms with Crippen LogP contribution in [0.25, 0.3) is 88.9 Å². The van der Waals surface area contributed by atoms with Crippen LogP contribution in [0, 0.1) is 0 Å². The van der Waals surface area contributed by atoms with Gasteiger partial charge in [-0.2, -0.15) is 13.2 Å². The van der Waals surface area contributed by atoms with E-state index in [1.165, 1.54) is 0 Å². The highest BCUT2D eigenvalue weighted by Gasteiger charge is 2.39. The predicted molar refractivity (Wildman–Crippen MR) is 212 cm³/mol. The van der Waals surface area contributed by atoms with Gasteiger partial charge in [-0.15, -0.1) is 0 Å². The summed E-state index contributed by atoms with van der Waals surface area (Å²) in [7, 11) is 0. The monoisotopic (exact) mass is 706 g/mol. The fraction of sp³-hybridized carbons (Fsp3) is 0.0213. The van der Waals surface area contributed by atoms with E-state index in [2.05, 4.69) is 0 Å². The average molecular weight is 707 g/mol. The van der Waals surface area contributed by atoms with Crippen molar-refractivity contribution < 1.29 is 13.2 Å². The first-order chi connectivity index (χ1) is 26.4. The van der Waals surface area contributed by atoms with Crippen LogP contribution in [-0.2, 0) is 6.18 Å². The molecule has 0 fully saturated rings. The smallest absolute Gasteiger partial charge is 0.309 e. The Bertz CT molecular complexity index is 2730. The molecule has 4 nitrogen and oxygen atoms in total. The second-order valence-electron chi connectivity index (χ2n) is 13.3. The van der Waals surface area contributed by atoms with Gasteiger partial charge in [0.2, 0.25) is 0 Å². The lowest BCUT2D eigenvalue weighted by Crippen LogP contribution is -2.16. The van der Waals surface area contributed by atoms with E-state index in [9.17, 15) is 0 Å². The highest BCUT2D eigenvalue weighted by atomic mass is 19.4. The third-order valence-corrected chi connectivity index (χ3v) is 10.1. The molecule has 0 aliphatic heterocycles. The maximum atomic E-state index is 16.1. The molecule has 0 aliphatic rings. The molecule has 10 aromatic rings. The zero-order chi connectivity index (χ0) is 36.4. The lowest BCUT2D eigenvalue weighted by Gasteiger charge is -2.23. The Morgan fingerprint density at radius 2 is 0.722 bits per heavy atom. The predicted octanol–water partition coefficient (Wildman–Crippen LogP) is 12.7. The zero-order valence-corrected chi connectivity index (χ0v) is 28.7. The zero-order valence-electron chi connectivity index (χ0n) is 28.7.